The number of hydrogen-bond donors (Lipinski definition) is 0. The molecule has 0 fully saturated rings. The van der Waals surface area contributed by atoms with Gasteiger partial charge in [-0.05, 0) is 56.4 Å². The maximum absolute atomic E-state index is 11.0. The maximum Gasteiger partial charge on any atom is 0.145 e. The van der Waals surface area contributed by atoms with Crippen molar-refractivity contribution in [2.75, 3.05) is 7.11 Å². The molecule has 0 saturated heterocycles. The van der Waals surface area contributed by atoms with E-state index >= 15 is 0 Å². The van der Waals surface area contributed by atoms with Gasteiger partial charge >= 0.3 is 0 Å². The lowest BCUT2D eigenvalue weighted by molar-refractivity contribution is -0.105. The number of carbonyl (C=O) groups excluding carboxylic acids is 1. The first-order valence-corrected chi connectivity index (χ1v) is 6.90. The molecule has 3 atom stereocenters. The Kier molecular flexibility index (Phi) is 6.34. The summed E-state index contributed by atoms with van der Waals surface area (Å²) in [4.78, 5) is 11.0. The van der Waals surface area contributed by atoms with Crippen LogP contribution in [0, 0.1) is 11.8 Å². The van der Waals surface area contributed by atoms with Gasteiger partial charge in [-0.15, -0.1) is 0 Å². The van der Waals surface area contributed by atoms with Gasteiger partial charge in [0.2, 0.25) is 0 Å². The zero-order chi connectivity index (χ0) is 13.5. The normalized spacial score (nSPS) is 33.3. The van der Waals surface area contributed by atoms with Gasteiger partial charge in [-0.25, -0.2) is 0 Å². The summed E-state index contributed by atoms with van der Waals surface area (Å²) in [5.74, 6) is 0.787. The smallest absolute Gasteiger partial charge is 0.145 e. The summed E-state index contributed by atoms with van der Waals surface area (Å²) < 4.78 is 5.61. The Bertz CT molecular complexity index is 317. The molecule has 0 aromatic carbocycles. The third-order valence-corrected chi connectivity index (χ3v) is 4.13. The number of aldehydes is 1. The summed E-state index contributed by atoms with van der Waals surface area (Å²) in [5, 5.41) is 0. The van der Waals surface area contributed by atoms with Crippen molar-refractivity contribution in [3.63, 3.8) is 0 Å². The second-order valence-corrected chi connectivity index (χ2v) is 5.54. The Balaban J connectivity index is 2.82. The molecule has 0 aromatic heterocycles. The van der Waals surface area contributed by atoms with Gasteiger partial charge in [-0.3, -0.25) is 4.79 Å². The maximum atomic E-state index is 11.0. The lowest BCUT2D eigenvalue weighted by Crippen LogP contribution is -2.25. The number of hydrogen-bond acceptors (Lipinski definition) is 2. The van der Waals surface area contributed by atoms with Crippen LogP contribution in [0.1, 0.15) is 46.0 Å². The van der Waals surface area contributed by atoms with Crippen LogP contribution in [0.2, 0.25) is 0 Å². The summed E-state index contributed by atoms with van der Waals surface area (Å²) in [5.41, 5.74) is 2.15. The van der Waals surface area contributed by atoms with E-state index in [9.17, 15) is 4.79 Å². The van der Waals surface area contributed by atoms with E-state index in [1.54, 1.807) is 7.11 Å². The molecule has 0 spiro atoms. The topological polar surface area (TPSA) is 26.3 Å². The fourth-order valence-corrected chi connectivity index (χ4v) is 2.67. The van der Waals surface area contributed by atoms with Crippen LogP contribution in [0.3, 0.4) is 0 Å². The molecule has 0 aromatic rings. The number of methoxy groups -OCH3 is 1. The first-order chi connectivity index (χ1) is 8.58. The Morgan fingerprint density at radius 2 is 2.22 bits per heavy atom. The molecule has 3 unspecified atom stereocenters. The van der Waals surface area contributed by atoms with Crippen LogP contribution in [0.25, 0.3) is 0 Å². The molecule has 0 radical (unpaired) electrons. The fourth-order valence-electron chi connectivity index (χ4n) is 2.67. The van der Waals surface area contributed by atoms with Gasteiger partial charge in [0.1, 0.15) is 6.29 Å². The lowest BCUT2D eigenvalue weighted by Gasteiger charge is -2.28. The van der Waals surface area contributed by atoms with Crippen molar-refractivity contribution < 1.29 is 9.53 Å². The second kappa shape index (κ2) is 7.52. The van der Waals surface area contributed by atoms with Gasteiger partial charge in [-0.2, -0.15) is 0 Å². The van der Waals surface area contributed by atoms with Gasteiger partial charge in [-0.1, -0.05) is 25.2 Å². The van der Waals surface area contributed by atoms with Gasteiger partial charge in [0, 0.05) is 7.11 Å². The van der Waals surface area contributed by atoms with Crippen LogP contribution in [-0.4, -0.2) is 19.5 Å². The number of ether oxygens (including phenoxy) is 1. The molecule has 102 valence electrons. The SMILES string of the molecule is C=C(C=O)C1CC/C(C)=C/CCC(C)C(OC)C1. The predicted octanol–water partition coefficient (Wildman–Crippen LogP) is 3.92. The third kappa shape index (κ3) is 4.41. The van der Waals surface area contributed by atoms with E-state index in [4.69, 9.17) is 4.74 Å². The van der Waals surface area contributed by atoms with Crippen molar-refractivity contribution in [3.05, 3.63) is 23.8 Å². The molecule has 1 aliphatic carbocycles. The van der Waals surface area contributed by atoms with Gasteiger partial charge < -0.3 is 4.74 Å². The van der Waals surface area contributed by atoms with Crippen LogP contribution in [0.15, 0.2) is 23.8 Å². The summed E-state index contributed by atoms with van der Waals surface area (Å²) >= 11 is 0. The van der Waals surface area contributed by atoms with Crippen LogP contribution in [0.4, 0.5) is 0 Å². The molecule has 0 saturated carbocycles. The van der Waals surface area contributed by atoms with E-state index in [0.29, 0.717) is 5.92 Å². The Morgan fingerprint density at radius 3 is 2.83 bits per heavy atom. The molecule has 2 nitrogen and oxygen atoms in total. The van der Waals surface area contributed by atoms with E-state index in [1.807, 2.05) is 0 Å². The fraction of sp³-hybridized carbons (Fsp3) is 0.688. The molecule has 0 aliphatic heterocycles. The highest BCUT2D eigenvalue weighted by atomic mass is 16.5. The standard InChI is InChI=1S/C16H26O2/c1-12-6-5-7-13(2)16(18-4)10-15(9-8-12)14(3)11-17/h6,11,13,15-16H,3,5,7-10H2,1-2,4H3/b12-6+. The monoisotopic (exact) mass is 250 g/mol. The van der Waals surface area contributed by atoms with E-state index < -0.39 is 0 Å². The van der Waals surface area contributed by atoms with Crippen molar-refractivity contribution >= 4 is 6.29 Å². The first kappa shape index (κ1) is 15.2. The summed E-state index contributed by atoms with van der Waals surface area (Å²) in [7, 11) is 1.77. The minimum absolute atomic E-state index is 0.235. The van der Waals surface area contributed by atoms with Crippen molar-refractivity contribution in [3.8, 4) is 0 Å². The molecule has 2 heteroatoms. The van der Waals surface area contributed by atoms with Crippen LogP contribution >= 0.6 is 0 Å². The predicted molar refractivity (Wildman–Crippen MR) is 75.5 cm³/mol. The van der Waals surface area contributed by atoms with Crippen molar-refractivity contribution in [1.29, 1.82) is 0 Å². The number of carbonyl (C=O) groups is 1. The average molecular weight is 250 g/mol. The summed E-state index contributed by atoms with van der Waals surface area (Å²) in [6.45, 7) is 8.32. The highest BCUT2D eigenvalue weighted by molar-refractivity contribution is 5.72. The molecule has 1 aliphatic rings. The molecule has 18 heavy (non-hydrogen) atoms. The Labute approximate surface area is 111 Å². The van der Waals surface area contributed by atoms with Crippen molar-refractivity contribution in [2.24, 2.45) is 11.8 Å². The molecule has 0 bridgehead atoms. The van der Waals surface area contributed by atoms with E-state index in [0.717, 1.165) is 44.0 Å². The van der Waals surface area contributed by atoms with E-state index in [-0.39, 0.29) is 12.0 Å². The summed E-state index contributed by atoms with van der Waals surface area (Å²) in [6, 6.07) is 0. The van der Waals surface area contributed by atoms with Crippen molar-refractivity contribution in [2.45, 2.75) is 52.1 Å². The summed E-state index contributed by atoms with van der Waals surface area (Å²) in [6.07, 6.45) is 8.74. The van der Waals surface area contributed by atoms with Gasteiger partial charge in [0.25, 0.3) is 0 Å². The lowest BCUT2D eigenvalue weighted by atomic mass is 9.83. The average Bonchev–Trinajstić information content (AvgIpc) is 2.37. The molecule has 1 rings (SSSR count). The Hall–Kier alpha value is -0.890. The molecular weight excluding hydrogens is 224 g/mol. The highest BCUT2D eigenvalue weighted by Gasteiger charge is 2.23. The van der Waals surface area contributed by atoms with E-state index in [2.05, 4.69) is 26.5 Å². The van der Waals surface area contributed by atoms with Crippen LogP contribution in [0.5, 0.6) is 0 Å². The molecule has 0 amide bonds. The number of rotatable bonds is 3. The minimum atomic E-state index is 0.235. The molecular formula is C16H26O2. The third-order valence-electron chi connectivity index (χ3n) is 4.13. The Morgan fingerprint density at radius 1 is 1.50 bits per heavy atom. The second-order valence-electron chi connectivity index (χ2n) is 5.54. The molecule has 0 heterocycles. The largest absolute Gasteiger partial charge is 0.381 e. The highest BCUT2D eigenvalue weighted by Crippen LogP contribution is 2.29. The van der Waals surface area contributed by atoms with Crippen molar-refractivity contribution in [1.82, 2.24) is 0 Å². The quantitative estimate of drug-likeness (QED) is 0.431. The van der Waals surface area contributed by atoms with Gasteiger partial charge in [0.15, 0.2) is 0 Å². The van der Waals surface area contributed by atoms with Crippen LogP contribution < -0.4 is 0 Å². The van der Waals surface area contributed by atoms with Gasteiger partial charge in [0.05, 0.1) is 6.10 Å². The zero-order valence-electron chi connectivity index (χ0n) is 11.9. The zero-order valence-corrected chi connectivity index (χ0v) is 11.9. The first-order valence-electron chi connectivity index (χ1n) is 6.90. The number of allylic oxidation sites excluding steroid dienone is 3. The minimum Gasteiger partial charge on any atom is -0.381 e. The molecule has 0 N–H and O–H groups in total. The van der Waals surface area contributed by atoms with E-state index in [1.165, 1.54) is 5.57 Å². The van der Waals surface area contributed by atoms with Crippen LogP contribution in [-0.2, 0) is 9.53 Å².